The molecule has 0 radical (unpaired) electrons. The van der Waals surface area contributed by atoms with E-state index in [2.05, 4.69) is 22.8 Å². The molecule has 1 aliphatic carbocycles. The molecule has 3 rings (SSSR count). The molecule has 1 fully saturated rings. The maximum atomic E-state index is 12.2. The molecule has 2 amide bonds. The van der Waals surface area contributed by atoms with Gasteiger partial charge in [0.15, 0.2) is 0 Å². The lowest BCUT2D eigenvalue weighted by Crippen LogP contribution is -2.39. The van der Waals surface area contributed by atoms with E-state index in [0.29, 0.717) is 0 Å². The largest absolute Gasteiger partial charge is 0.347 e. The van der Waals surface area contributed by atoms with Gasteiger partial charge in [0.05, 0.1) is 12.6 Å². The van der Waals surface area contributed by atoms with Crippen LogP contribution in [0.3, 0.4) is 0 Å². The molecule has 0 spiro atoms. The van der Waals surface area contributed by atoms with Gasteiger partial charge in [0.1, 0.15) is 0 Å². The Kier molecular flexibility index (Phi) is 5.08. The first-order valence-corrected chi connectivity index (χ1v) is 8.75. The van der Waals surface area contributed by atoms with Crippen molar-refractivity contribution in [2.24, 2.45) is 5.92 Å². The van der Waals surface area contributed by atoms with Crippen LogP contribution in [-0.4, -0.2) is 18.4 Å². The standard InChI is InChI=1S/C18H20N2O2S/c21-17(12-19-18(22)14-8-9-14)20-15(16-7-4-10-23-16)11-13-5-2-1-3-6-13/h1-7,10,14-15H,8-9,11-12H2,(H,19,22)(H,20,21). The number of hydrogen-bond donors (Lipinski definition) is 2. The summed E-state index contributed by atoms with van der Waals surface area (Å²) >= 11 is 1.63. The van der Waals surface area contributed by atoms with Crippen molar-refractivity contribution in [3.63, 3.8) is 0 Å². The van der Waals surface area contributed by atoms with Crippen molar-refractivity contribution in [1.82, 2.24) is 10.6 Å². The minimum Gasteiger partial charge on any atom is -0.347 e. The Balaban J connectivity index is 1.59. The molecule has 0 bridgehead atoms. The molecule has 1 aromatic carbocycles. The number of rotatable bonds is 7. The Morgan fingerprint density at radius 3 is 2.57 bits per heavy atom. The summed E-state index contributed by atoms with van der Waals surface area (Å²) in [6.07, 6.45) is 2.63. The number of hydrogen-bond acceptors (Lipinski definition) is 3. The van der Waals surface area contributed by atoms with Crippen LogP contribution in [0.5, 0.6) is 0 Å². The topological polar surface area (TPSA) is 58.2 Å². The fourth-order valence-electron chi connectivity index (χ4n) is 2.46. The van der Waals surface area contributed by atoms with Crippen LogP contribution in [0.4, 0.5) is 0 Å². The molecule has 1 aliphatic rings. The Labute approximate surface area is 139 Å². The van der Waals surface area contributed by atoms with E-state index >= 15 is 0 Å². The molecule has 1 aromatic heterocycles. The first-order chi connectivity index (χ1) is 11.2. The van der Waals surface area contributed by atoms with Crippen LogP contribution >= 0.6 is 11.3 Å². The van der Waals surface area contributed by atoms with E-state index in [-0.39, 0.29) is 30.3 Å². The van der Waals surface area contributed by atoms with Crippen molar-refractivity contribution in [3.05, 3.63) is 58.3 Å². The van der Waals surface area contributed by atoms with Gasteiger partial charge in [-0.25, -0.2) is 0 Å². The predicted octanol–water partition coefficient (Wildman–Crippen LogP) is 2.67. The van der Waals surface area contributed by atoms with E-state index in [1.54, 1.807) is 11.3 Å². The molecule has 2 N–H and O–H groups in total. The highest BCUT2D eigenvalue weighted by molar-refractivity contribution is 7.10. The Morgan fingerprint density at radius 2 is 1.91 bits per heavy atom. The number of carbonyl (C=O) groups excluding carboxylic acids is 2. The Morgan fingerprint density at radius 1 is 1.13 bits per heavy atom. The number of nitrogens with one attached hydrogen (secondary N) is 2. The molecule has 120 valence electrons. The van der Waals surface area contributed by atoms with Crippen LogP contribution < -0.4 is 10.6 Å². The van der Waals surface area contributed by atoms with Gasteiger partial charge in [-0.2, -0.15) is 0 Å². The van der Waals surface area contributed by atoms with E-state index in [1.807, 2.05) is 35.7 Å². The van der Waals surface area contributed by atoms with Gasteiger partial charge in [-0.05, 0) is 36.3 Å². The lowest BCUT2D eigenvalue weighted by atomic mass is 10.0. The second kappa shape index (κ2) is 7.42. The van der Waals surface area contributed by atoms with Crippen molar-refractivity contribution < 1.29 is 9.59 Å². The van der Waals surface area contributed by atoms with Crippen LogP contribution in [0, 0.1) is 5.92 Å². The highest BCUT2D eigenvalue weighted by Gasteiger charge is 2.29. The van der Waals surface area contributed by atoms with Gasteiger partial charge in [-0.1, -0.05) is 36.4 Å². The number of carbonyl (C=O) groups is 2. The third-order valence-electron chi connectivity index (χ3n) is 3.88. The van der Waals surface area contributed by atoms with Crippen molar-refractivity contribution in [2.75, 3.05) is 6.54 Å². The maximum absolute atomic E-state index is 12.2. The summed E-state index contributed by atoms with van der Waals surface area (Å²) in [4.78, 5) is 24.9. The molecule has 4 nitrogen and oxygen atoms in total. The lowest BCUT2D eigenvalue weighted by Gasteiger charge is -2.18. The highest BCUT2D eigenvalue weighted by atomic mass is 32.1. The molecular formula is C18H20N2O2S. The zero-order valence-electron chi connectivity index (χ0n) is 12.8. The molecular weight excluding hydrogens is 308 g/mol. The third kappa shape index (κ3) is 4.66. The number of amides is 2. The minimum atomic E-state index is -0.145. The Bertz CT molecular complexity index is 651. The maximum Gasteiger partial charge on any atom is 0.239 e. The second-order valence-electron chi connectivity index (χ2n) is 5.82. The summed E-state index contributed by atoms with van der Waals surface area (Å²) in [5, 5.41) is 7.76. The number of benzene rings is 1. The van der Waals surface area contributed by atoms with E-state index in [9.17, 15) is 9.59 Å². The summed E-state index contributed by atoms with van der Waals surface area (Å²) in [5.74, 6) is -0.0237. The summed E-state index contributed by atoms with van der Waals surface area (Å²) in [6.45, 7) is 0.0476. The van der Waals surface area contributed by atoms with Crippen molar-refractivity contribution >= 4 is 23.2 Å². The first kappa shape index (κ1) is 15.7. The molecule has 1 saturated carbocycles. The highest BCUT2D eigenvalue weighted by Crippen LogP contribution is 2.28. The molecule has 1 unspecified atom stereocenters. The fourth-order valence-corrected chi connectivity index (χ4v) is 3.24. The van der Waals surface area contributed by atoms with E-state index in [1.165, 1.54) is 5.56 Å². The Hall–Kier alpha value is -2.14. The average Bonchev–Trinajstić information content (AvgIpc) is 3.28. The van der Waals surface area contributed by atoms with Crippen molar-refractivity contribution in [1.29, 1.82) is 0 Å². The molecule has 5 heteroatoms. The van der Waals surface area contributed by atoms with Crippen molar-refractivity contribution in [3.8, 4) is 0 Å². The summed E-state index contributed by atoms with van der Waals surface area (Å²) < 4.78 is 0. The summed E-state index contributed by atoms with van der Waals surface area (Å²) in [7, 11) is 0. The van der Waals surface area contributed by atoms with Crippen LogP contribution in [0.2, 0.25) is 0 Å². The molecule has 0 saturated heterocycles. The van der Waals surface area contributed by atoms with Gasteiger partial charge in [-0.15, -0.1) is 11.3 Å². The molecule has 1 heterocycles. The quantitative estimate of drug-likeness (QED) is 0.821. The summed E-state index contributed by atoms with van der Waals surface area (Å²) in [5.41, 5.74) is 1.17. The zero-order valence-corrected chi connectivity index (χ0v) is 13.6. The predicted molar refractivity (Wildman–Crippen MR) is 91.1 cm³/mol. The van der Waals surface area contributed by atoms with Gasteiger partial charge in [-0.3, -0.25) is 9.59 Å². The zero-order chi connectivity index (χ0) is 16.1. The minimum absolute atomic E-state index is 0.00381. The SMILES string of the molecule is O=C(CNC(=O)C1CC1)NC(Cc1ccccc1)c1cccs1. The van der Waals surface area contributed by atoms with Gasteiger partial charge in [0.25, 0.3) is 0 Å². The number of thiophene rings is 1. The first-order valence-electron chi connectivity index (χ1n) is 7.87. The molecule has 23 heavy (non-hydrogen) atoms. The van der Waals surface area contributed by atoms with Crippen LogP contribution in [0.1, 0.15) is 29.3 Å². The van der Waals surface area contributed by atoms with E-state index in [4.69, 9.17) is 0 Å². The smallest absolute Gasteiger partial charge is 0.239 e. The van der Waals surface area contributed by atoms with Gasteiger partial charge >= 0.3 is 0 Å². The van der Waals surface area contributed by atoms with E-state index < -0.39 is 0 Å². The van der Waals surface area contributed by atoms with Gasteiger partial charge < -0.3 is 10.6 Å². The lowest BCUT2D eigenvalue weighted by molar-refractivity contribution is -0.127. The van der Waals surface area contributed by atoms with Gasteiger partial charge in [0, 0.05) is 10.8 Å². The van der Waals surface area contributed by atoms with Gasteiger partial charge in [0.2, 0.25) is 11.8 Å². The van der Waals surface area contributed by atoms with Crippen LogP contribution in [0.15, 0.2) is 47.8 Å². The van der Waals surface area contributed by atoms with Crippen LogP contribution in [-0.2, 0) is 16.0 Å². The fraction of sp³-hybridized carbons (Fsp3) is 0.333. The average molecular weight is 328 g/mol. The van der Waals surface area contributed by atoms with Crippen LogP contribution in [0.25, 0.3) is 0 Å². The van der Waals surface area contributed by atoms with Crippen molar-refractivity contribution in [2.45, 2.75) is 25.3 Å². The molecule has 0 aliphatic heterocycles. The monoisotopic (exact) mass is 328 g/mol. The normalized spacial score (nSPS) is 15.0. The molecule has 1 atom stereocenters. The second-order valence-corrected chi connectivity index (χ2v) is 6.80. The van der Waals surface area contributed by atoms with E-state index in [0.717, 1.165) is 24.1 Å². The molecule has 2 aromatic rings. The summed E-state index contributed by atoms with van der Waals surface area (Å²) in [6, 6.07) is 14.0. The third-order valence-corrected chi connectivity index (χ3v) is 4.86.